The SMILES string of the molecule is CCOc1ncnc(Nc2cc(C(=O)OC)cc(C(=O)OC)c2)c1[N+](=O)[O-]. The van der Waals surface area contributed by atoms with E-state index in [1.54, 1.807) is 6.92 Å². The molecule has 0 bridgehead atoms. The van der Waals surface area contributed by atoms with Crippen LogP contribution in [-0.2, 0) is 9.47 Å². The Hall–Kier alpha value is -3.76. The van der Waals surface area contributed by atoms with Gasteiger partial charge in [0.25, 0.3) is 5.88 Å². The number of ether oxygens (including phenoxy) is 3. The summed E-state index contributed by atoms with van der Waals surface area (Å²) in [6.45, 7) is 1.82. The summed E-state index contributed by atoms with van der Waals surface area (Å²) in [5.41, 5.74) is -0.209. The summed E-state index contributed by atoms with van der Waals surface area (Å²) in [5.74, 6) is -1.78. The lowest BCUT2D eigenvalue weighted by molar-refractivity contribution is -0.385. The number of nitro groups is 1. The molecule has 0 fully saturated rings. The van der Waals surface area contributed by atoms with Crippen LogP contribution < -0.4 is 10.1 Å². The fraction of sp³-hybridized carbons (Fsp3) is 0.250. The molecule has 0 atom stereocenters. The molecule has 1 aromatic heterocycles. The van der Waals surface area contributed by atoms with E-state index in [4.69, 9.17) is 4.74 Å². The number of hydrogen-bond acceptors (Lipinski definition) is 10. The van der Waals surface area contributed by atoms with Gasteiger partial charge in [0.2, 0.25) is 5.82 Å². The number of methoxy groups -OCH3 is 2. The number of hydrogen-bond donors (Lipinski definition) is 1. The first-order chi connectivity index (χ1) is 12.9. The lowest BCUT2D eigenvalue weighted by Crippen LogP contribution is -2.09. The molecule has 142 valence electrons. The summed E-state index contributed by atoms with van der Waals surface area (Å²) < 4.78 is 14.5. The highest BCUT2D eigenvalue weighted by Gasteiger charge is 2.25. The van der Waals surface area contributed by atoms with E-state index < -0.39 is 22.5 Å². The molecule has 0 saturated heterocycles. The highest BCUT2D eigenvalue weighted by Crippen LogP contribution is 2.33. The van der Waals surface area contributed by atoms with E-state index in [0.29, 0.717) is 0 Å². The zero-order valence-electron chi connectivity index (χ0n) is 14.7. The largest absolute Gasteiger partial charge is 0.473 e. The summed E-state index contributed by atoms with van der Waals surface area (Å²) in [7, 11) is 2.37. The van der Waals surface area contributed by atoms with Gasteiger partial charge in [-0.3, -0.25) is 10.1 Å². The second-order valence-corrected chi connectivity index (χ2v) is 4.97. The summed E-state index contributed by atoms with van der Waals surface area (Å²) in [6, 6.07) is 3.98. The number of anilines is 2. The van der Waals surface area contributed by atoms with Crippen LogP contribution in [0.15, 0.2) is 24.5 Å². The number of aromatic nitrogens is 2. The van der Waals surface area contributed by atoms with Gasteiger partial charge in [-0.25, -0.2) is 14.6 Å². The van der Waals surface area contributed by atoms with Crippen molar-refractivity contribution >= 4 is 29.1 Å². The van der Waals surface area contributed by atoms with Crippen LogP contribution in [-0.4, -0.2) is 47.7 Å². The van der Waals surface area contributed by atoms with Crippen molar-refractivity contribution in [3.63, 3.8) is 0 Å². The van der Waals surface area contributed by atoms with Crippen molar-refractivity contribution < 1.29 is 28.7 Å². The quantitative estimate of drug-likeness (QED) is 0.433. The van der Waals surface area contributed by atoms with E-state index in [-0.39, 0.29) is 35.1 Å². The first-order valence-electron chi connectivity index (χ1n) is 7.62. The Kier molecular flexibility index (Phi) is 6.20. The molecular weight excluding hydrogens is 360 g/mol. The van der Waals surface area contributed by atoms with Gasteiger partial charge in [-0.05, 0) is 25.1 Å². The Bertz CT molecular complexity index is 851. The minimum Gasteiger partial charge on any atom is -0.473 e. The van der Waals surface area contributed by atoms with Crippen LogP contribution in [0.4, 0.5) is 17.2 Å². The molecule has 1 aromatic carbocycles. The molecule has 0 radical (unpaired) electrons. The van der Waals surface area contributed by atoms with Gasteiger partial charge in [0, 0.05) is 5.69 Å². The van der Waals surface area contributed by atoms with Crippen LogP contribution in [0.2, 0.25) is 0 Å². The Labute approximate surface area is 153 Å². The van der Waals surface area contributed by atoms with Crippen LogP contribution in [0.25, 0.3) is 0 Å². The van der Waals surface area contributed by atoms with Crippen molar-refractivity contribution in [2.75, 3.05) is 26.1 Å². The Morgan fingerprint density at radius 1 is 1.11 bits per heavy atom. The van der Waals surface area contributed by atoms with E-state index in [0.717, 1.165) is 6.33 Å². The Morgan fingerprint density at radius 3 is 2.19 bits per heavy atom. The number of nitrogens with one attached hydrogen (secondary N) is 1. The number of esters is 2. The predicted octanol–water partition coefficient (Wildman–Crippen LogP) is 2.10. The van der Waals surface area contributed by atoms with E-state index >= 15 is 0 Å². The van der Waals surface area contributed by atoms with Crippen LogP contribution in [0.3, 0.4) is 0 Å². The standard InChI is InChI=1S/C16H16N4O7/c1-4-27-14-12(20(23)24)13(17-8-18-14)19-11-6-9(15(21)25-2)5-10(7-11)16(22)26-3/h5-8H,4H2,1-3H3,(H,17,18,19). The first kappa shape index (κ1) is 19.6. The number of rotatable bonds is 7. The fourth-order valence-electron chi connectivity index (χ4n) is 2.17. The molecule has 0 amide bonds. The minimum absolute atomic E-state index is 0.0460. The van der Waals surface area contributed by atoms with Gasteiger partial charge < -0.3 is 19.5 Å². The molecule has 0 aliphatic heterocycles. The molecule has 0 aliphatic carbocycles. The maximum absolute atomic E-state index is 11.8. The van der Waals surface area contributed by atoms with E-state index in [1.807, 2.05) is 0 Å². The fourth-order valence-corrected chi connectivity index (χ4v) is 2.17. The van der Waals surface area contributed by atoms with Gasteiger partial charge in [0.1, 0.15) is 6.33 Å². The van der Waals surface area contributed by atoms with E-state index in [9.17, 15) is 19.7 Å². The molecule has 11 heteroatoms. The molecular formula is C16H16N4O7. The average molecular weight is 376 g/mol. The lowest BCUT2D eigenvalue weighted by atomic mass is 10.1. The highest BCUT2D eigenvalue weighted by atomic mass is 16.6. The molecule has 2 aromatic rings. The van der Waals surface area contributed by atoms with Gasteiger partial charge in [0.05, 0.1) is 36.9 Å². The molecule has 11 nitrogen and oxygen atoms in total. The van der Waals surface area contributed by atoms with Crippen molar-refractivity contribution in [2.45, 2.75) is 6.92 Å². The van der Waals surface area contributed by atoms with Crippen LogP contribution >= 0.6 is 0 Å². The summed E-state index contributed by atoms with van der Waals surface area (Å²) in [4.78, 5) is 42.0. The number of carbonyl (C=O) groups excluding carboxylic acids is 2. The Morgan fingerprint density at radius 2 is 1.70 bits per heavy atom. The summed E-state index contributed by atoms with van der Waals surface area (Å²) in [6.07, 6.45) is 1.09. The smallest absolute Gasteiger partial charge is 0.373 e. The number of carbonyl (C=O) groups is 2. The second kappa shape index (κ2) is 8.56. The second-order valence-electron chi connectivity index (χ2n) is 4.97. The minimum atomic E-state index is -0.698. The highest BCUT2D eigenvalue weighted by molar-refractivity contribution is 5.97. The van der Waals surface area contributed by atoms with Gasteiger partial charge in [-0.2, -0.15) is 4.98 Å². The van der Waals surface area contributed by atoms with Crippen LogP contribution in [0.5, 0.6) is 5.88 Å². The average Bonchev–Trinajstić information content (AvgIpc) is 2.66. The normalized spacial score (nSPS) is 10.0. The monoisotopic (exact) mass is 376 g/mol. The number of nitrogens with zero attached hydrogens (tertiary/aromatic N) is 3. The number of benzene rings is 1. The summed E-state index contributed by atoms with van der Waals surface area (Å²) >= 11 is 0. The molecule has 0 aliphatic rings. The van der Waals surface area contributed by atoms with Crippen molar-refractivity contribution in [3.05, 3.63) is 45.8 Å². The van der Waals surface area contributed by atoms with Gasteiger partial charge >= 0.3 is 17.6 Å². The third kappa shape index (κ3) is 4.45. The topological polar surface area (TPSA) is 143 Å². The Balaban J connectivity index is 2.53. The maximum Gasteiger partial charge on any atom is 0.373 e. The zero-order valence-corrected chi connectivity index (χ0v) is 14.7. The van der Waals surface area contributed by atoms with Crippen molar-refractivity contribution in [3.8, 4) is 5.88 Å². The van der Waals surface area contributed by atoms with Gasteiger partial charge in [-0.1, -0.05) is 0 Å². The zero-order chi connectivity index (χ0) is 20.0. The third-order valence-corrected chi connectivity index (χ3v) is 3.29. The predicted molar refractivity (Wildman–Crippen MR) is 92.3 cm³/mol. The maximum atomic E-state index is 11.8. The van der Waals surface area contributed by atoms with Gasteiger partial charge in [-0.15, -0.1) is 0 Å². The lowest BCUT2D eigenvalue weighted by Gasteiger charge is -2.11. The van der Waals surface area contributed by atoms with Crippen LogP contribution in [0, 0.1) is 10.1 Å². The molecule has 2 rings (SSSR count). The molecule has 0 unspecified atom stereocenters. The third-order valence-electron chi connectivity index (χ3n) is 3.29. The molecule has 0 spiro atoms. The van der Waals surface area contributed by atoms with E-state index in [1.165, 1.54) is 32.4 Å². The summed E-state index contributed by atoms with van der Waals surface area (Å²) in [5, 5.41) is 14.1. The van der Waals surface area contributed by atoms with Crippen molar-refractivity contribution in [1.29, 1.82) is 0 Å². The van der Waals surface area contributed by atoms with E-state index in [2.05, 4.69) is 24.8 Å². The van der Waals surface area contributed by atoms with Crippen molar-refractivity contribution in [1.82, 2.24) is 9.97 Å². The molecule has 0 saturated carbocycles. The van der Waals surface area contributed by atoms with Crippen LogP contribution in [0.1, 0.15) is 27.6 Å². The van der Waals surface area contributed by atoms with Crippen molar-refractivity contribution in [2.24, 2.45) is 0 Å². The molecule has 27 heavy (non-hydrogen) atoms. The van der Waals surface area contributed by atoms with Gasteiger partial charge in [0.15, 0.2) is 0 Å². The molecule has 1 N–H and O–H groups in total. The first-order valence-corrected chi connectivity index (χ1v) is 7.62. The molecule has 1 heterocycles.